The molecule has 0 fully saturated rings. The first-order valence-corrected chi connectivity index (χ1v) is 5.37. The largest absolute Gasteiger partial charge is 0.476 e. The topological polar surface area (TPSA) is 75.4 Å². The SMILES string of the molecule is O=C(O)c1coc(Nc2cc(Br)c(F)cc2F)n1. The lowest BCUT2D eigenvalue weighted by Crippen LogP contribution is -1.98. The minimum Gasteiger partial charge on any atom is -0.476 e. The highest BCUT2D eigenvalue weighted by molar-refractivity contribution is 9.10. The summed E-state index contributed by atoms with van der Waals surface area (Å²) in [6, 6.07) is 1.62. The first kappa shape index (κ1) is 12.5. The summed E-state index contributed by atoms with van der Waals surface area (Å²) >= 11 is 2.90. The summed E-state index contributed by atoms with van der Waals surface area (Å²) in [7, 11) is 0. The predicted octanol–water partition coefficient (Wildman–Crippen LogP) is 3.16. The molecule has 0 bridgehead atoms. The van der Waals surface area contributed by atoms with Crippen LogP contribution in [-0.4, -0.2) is 16.1 Å². The number of carboxylic acid groups (broad SMARTS) is 1. The van der Waals surface area contributed by atoms with Gasteiger partial charge in [0.05, 0.1) is 10.2 Å². The third kappa shape index (κ3) is 2.48. The summed E-state index contributed by atoms with van der Waals surface area (Å²) in [5.74, 6) is -2.88. The minimum absolute atomic E-state index is 0.0522. The summed E-state index contributed by atoms with van der Waals surface area (Å²) in [6.07, 6.45) is 0.904. The van der Waals surface area contributed by atoms with Crippen LogP contribution < -0.4 is 5.32 Å². The summed E-state index contributed by atoms with van der Waals surface area (Å²) < 4.78 is 31.2. The molecule has 94 valence electrons. The van der Waals surface area contributed by atoms with Gasteiger partial charge in [0.1, 0.15) is 17.9 Å². The molecule has 2 N–H and O–H groups in total. The molecule has 2 rings (SSSR count). The Hall–Kier alpha value is -1.96. The Morgan fingerprint density at radius 2 is 2.11 bits per heavy atom. The number of hydrogen-bond acceptors (Lipinski definition) is 4. The quantitative estimate of drug-likeness (QED) is 0.850. The predicted molar refractivity (Wildman–Crippen MR) is 60.8 cm³/mol. The Morgan fingerprint density at radius 1 is 1.39 bits per heavy atom. The van der Waals surface area contributed by atoms with E-state index >= 15 is 0 Å². The van der Waals surface area contributed by atoms with Gasteiger partial charge in [0.2, 0.25) is 0 Å². The van der Waals surface area contributed by atoms with Crippen LogP contribution in [-0.2, 0) is 0 Å². The number of hydrogen-bond donors (Lipinski definition) is 2. The normalized spacial score (nSPS) is 10.4. The number of aromatic carboxylic acids is 1. The second-order valence-electron chi connectivity index (χ2n) is 3.21. The van der Waals surface area contributed by atoms with Crippen LogP contribution >= 0.6 is 15.9 Å². The maximum Gasteiger partial charge on any atom is 0.357 e. The fourth-order valence-electron chi connectivity index (χ4n) is 1.16. The molecule has 8 heteroatoms. The van der Waals surface area contributed by atoms with Crippen LogP contribution in [0.5, 0.6) is 0 Å². The summed E-state index contributed by atoms with van der Waals surface area (Å²) in [5, 5.41) is 11.0. The van der Waals surface area contributed by atoms with Gasteiger partial charge >= 0.3 is 5.97 Å². The molecule has 1 aromatic heterocycles. The number of benzene rings is 1. The average Bonchev–Trinajstić information content (AvgIpc) is 2.74. The van der Waals surface area contributed by atoms with Gasteiger partial charge in [-0.1, -0.05) is 0 Å². The van der Waals surface area contributed by atoms with Crippen molar-refractivity contribution in [2.75, 3.05) is 5.32 Å². The Morgan fingerprint density at radius 3 is 2.72 bits per heavy atom. The van der Waals surface area contributed by atoms with Crippen LogP contribution in [0.2, 0.25) is 0 Å². The highest BCUT2D eigenvalue weighted by Gasteiger charge is 2.13. The average molecular weight is 319 g/mol. The van der Waals surface area contributed by atoms with Gasteiger partial charge in [-0.15, -0.1) is 0 Å². The van der Waals surface area contributed by atoms with Crippen molar-refractivity contribution >= 4 is 33.6 Å². The molecule has 0 unspecified atom stereocenters. The molecule has 0 radical (unpaired) electrons. The number of halogens is 3. The first-order valence-electron chi connectivity index (χ1n) is 4.58. The highest BCUT2D eigenvalue weighted by atomic mass is 79.9. The second kappa shape index (κ2) is 4.73. The van der Waals surface area contributed by atoms with E-state index in [2.05, 4.69) is 26.2 Å². The van der Waals surface area contributed by atoms with Crippen molar-refractivity contribution in [1.29, 1.82) is 0 Å². The minimum atomic E-state index is -1.27. The van der Waals surface area contributed by atoms with Gasteiger partial charge in [0.15, 0.2) is 5.69 Å². The molecular formula is C10H5BrF2N2O3. The third-order valence-electron chi connectivity index (χ3n) is 1.97. The number of rotatable bonds is 3. The second-order valence-corrected chi connectivity index (χ2v) is 4.07. The van der Waals surface area contributed by atoms with Crippen LogP contribution in [0.15, 0.2) is 27.3 Å². The third-order valence-corrected chi connectivity index (χ3v) is 2.58. The van der Waals surface area contributed by atoms with Crippen LogP contribution in [0, 0.1) is 11.6 Å². The number of anilines is 2. The number of oxazole rings is 1. The molecule has 18 heavy (non-hydrogen) atoms. The van der Waals surface area contributed by atoms with Crippen LogP contribution in [0.25, 0.3) is 0 Å². The lowest BCUT2D eigenvalue weighted by atomic mass is 10.3. The van der Waals surface area contributed by atoms with Gasteiger partial charge in [-0.05, 0) is 22.0 Å². The molecule has 1 heterocycles. The number of carbonyl (C=O) groups is 1. The fraction of sp³-hybridized carbons (Fsp3) is 0. The first-order chi connectivity index (χ1) is 8.47. The maximum absolute atomic E-state index is 13.4. The number of nitrogens with one attached hydrogen (secondary N) is 1. The number of nitrogens with zero attached hydrogens (tertiary/aromatic N) is 1. The van der Waals surface area contributed by atoms with E-state index in [9.17, 15) is 13.6 Å². The lowest BCUT2D eigenvalue weighted by molar-refractivity contribution is 0.0690. The van der Waals surface area contributed by atoms with Gasteiger partial charge < -0.3 is 14.8 Å². The maximum atomic E-state index is 13.4. The van der Waals surface area contributed by atoms with E-state index in [-0.39, 0.29) is 21.9 Å². The Labute approximate surface area is 108 Å². The highest BCUT2D eigenvalue weighted by Crippen LogP contribution is 2.26. The molecule has 0 aliphatic rings. The zero-order chi connectivity index (χ0) is 13.3. The molecular weight excluding hydrogens is 314 g/mol. The van der Waals surface area contributed by atoms with Crippen LogP contribution in [0.4, 0.5) is 20.5 Å². The van der Waals surface area contributed by atoms with E-state index < -0.39 is 17.6 Å². The molecule has 2 aromatic rings. The molecule has 5 nitrogen and oxygen atoms in total. The molecule has 0 atom stereocenters. The Kier molecular flexibility index (Phi) is 3.28. The van der Waals surface area contributed by atoms with Crippen molar-refractivity contribution in [1.82, 2.24) is 4.98 Å². The van der Waals surface area contributed by atoms with E-state index in [0.717, 1.165) is 12.3 Å². The van der Waals surface area contributed by atoms with E-state index in [1.165, 1.54) is 0 Å². The zero-order valence-corrected chi connectivity index (χ0v) is 10.2. The Balaban J connectivity index is 2.28. The van der Waals surface area contributed by atoms with Gasteiger partial charge in [0.25, 0.3) is 6.01 Å². The molecule has 0 amide bonds. The van der Waals surface area contributed by atoms with E-state index in [1.807, 2.05) is 0 Å². The van der Waals surface area contributed by atoms with Gasteiger partial charge in [-0.25, -0.2) is 13.6 Å². The van der Waals surface area contributed by atoms with Gasteiger partial charge in [-0.2, -0.15) is 4.98 Å². The molecule has 0 spiro atoms. The van der Waals surface area contributed by atoms with E-state index in [0.29, 0.717) is 6.07 Å². The van der Waals surface area contributed by atoms with Crippen molar-refractivity contribution in [3.8, 4) is 0 Å². The van der Waals surface area contributed by atoms with Crippen LogP contribution in [0.3, 0.4) is 0 Å². The molecule has 0 aliphatic heterocycles. The summed E-state index contributed by atoms with van der Waals surface area (Å²) in [6.45, 7) is 0. The van der Waals surface area contributed by atoms with E-state index in [1.54, 1.807) is 0 Å². The fourth-order valence-corrected chi connectivity index (χ4v) is 1.51. The van der Waals surface area contributed by atoms with Crippen molar-refractivity contribution in [2.45, 2.75) is 0 Å². The number of carboxylic acids is 1. The van der Waals surface area contributed by atoms with Crippen molar-refractivity contribution < 1.29 is 23.1 Å². The summed E-state index contributed by atoms with van der Waals surface area (Å²) in [5.41, 5.74) is -0.416. The van der Waals surface area contributed by atoms with Gasteiger partial charge in [-0.3, -0.25) is 0 Å². The van der Waals surface area contributed by atoms with Crippen LogP contribution in [0.1, 0.15) is 10.5 Å². The Bertz CT molecular complexity index is 615. The summed E-state index contributed by atoms with van der Waals surface area (Å²) in [4.78, 5) is 14.1. The molecule has 0 aliphatic carbocycles. The monoisotopic (exact) mass is 318 g/mol. The van der Waals surface area contributed by atoms with E-state index in [4.69, 9.17) is 9.52 Å². The van der Waals surface area contributed by atoms with Crippen molar-refractivity contribution in [3.63, 3.8) is 0 Å². The molecule has 0 saturated heterocycles. The molecule has 1 aromatic carbocycles. The standard InChI is InChI=1S/C10H5BrF2N2O3/c11-4-1-7(6(13)2-5(4)12)14-10-15-8(3-18-10)9(16)17/h1-3H,(H,14,15)(H,16,17). The van der Waals surface area contributed by atoms with Crippen molar-refractivity contribution in [2.24, 2.45) is 0 Å². The molecule has 0 saturated carbocycles. The smallest absolute Gasteiger partial charge is 0.357 e. The lowest BCUT2D eigenvalue weighted by Gasteiger charge is -2.04. The van der Waals surface area contributed by atoms with Crippen molar-refractivity contribution in [3.05, 3.63) is 40.2 Å². The van der Waals surface area contributed by atoms with Gasteiger partial charge in [0, 0.05) is 6.07 Å². The zero-order valence-electron chi connectivity index (χ0n) is 8.58. The number of aromatic nitrogens is 1.